The van der Waals surface area contributed by atoms with E-state index in [2.05, 4.69) is 0 Å². The molecule has 3 nitrogen and oxygen atoms in total. The standard InChI is InChI=1S/C13H17NO2.C2H6/c1-13(2,3)16-12(15)14-9-11(14)10-7-5-4-6-8-10;1-2/h4-8,11H,9H2,1-3H3;1-2H3/t11-,14?;/m1./s1. The third-order valence-corrected chi connectivity index (χ3v) is 2.42. The molecular formula is C15H23NO2. The highest BCUT2D eigenvalue weighted by atomic mass is 16.6. The first-order valence-corrected chi connectivity index (χ1v) is 6.52. The highest BCUT2D eigenvalue weighted by Crippen LogP contribution is 2.35. The second-order valence-corrected chi connectivity index (χ2v) is 5.06. The third-order valence-electron chi connectivity index (χ3n) is 2.42. The van der Waals surface area contributed by atoms with Crippen LogP contribution in [0.2, 0.25) is 0 Å². The molecule has 0 radical (unpaired) electrons. The van der Waals surface area contributed by atoms with Crippen LogP contribution in [0.4, 0.5) is 4.79 Å². The van der Waals surface area contributed by atoms with Crippen molar-refractivity contribution in [2.45, 2.75) is 46.3 Å². The monoisotopic (exact) mass is 249 g/mol. The first-order chi connectivity index (χ1) is 8.47. The fourth-order valence-corrected chi connectivity index (χ4v) is 1.62. The van der Waals surface area contributed by atoms with E-state index in [1.807, 2.05) is 65.0 Å². The summed E-state index contributed by atoms with van der Waals surface area (Å²) >= 11 is 0. The predicted octanol–water partition coefficient (Wildman–Crippen LogP) is 4.00. The van der Waals surface area contributed by atoms with E-state index < -0.39 is 5.60 Å². The topological polar surface area (TPSA) is 29.3 Å². The van der Waals surface area contributed by atoms with E-state index >= 15 is 0 Å². The zero-order valence-corrected chi connectivity index (χ0v) is 11.9. The van der Waals surface area contributed by atoms with Crippen molar-refractivity contribution in [2.75, 3.05) is 6.54 Å². The number of carbonyl (C=O) groups excluding carboxylic acids is 1. The number of benzene rings is 1. The van der Waals surface area contributed by atoms with E-state index in [1.54, 1.807) is 4.90 Å². The SMILES string of the molecule is CC.CC(C)(C)OC(=O)N1C[C@@H]1c1ccccc1. The van der Waals surface area contributed by atoms with Crippen LogP contribution in [0, 0.1) is 0 Å². The van der Waals surface area contributed by atoms with Crippen LogP contribution in [0.25, 0.3) is 0 Å². The van der Waals surface area contributed by atoms with E-state index in [0.717, 1.165) is 6.54 Å². The number of carbonyl (C=O) groups is 1. The van der Waals surface area contributed by atoms with Crippen molar-refractivity contribution in [3.05, 3.63) is 35.9 Å². The van der Waals surface area contributed by atoms with Gasteiger partial charge >= 0.3 is 6.09 Å². The average molecular weight is 249 g/mol. The Morgan fingerprint density at radius 1 is 1.22 bits per heavy atom. The molecule has 1 aromatic carbocycles. The Labute approximate surface area is 110 Å². The first kappa shape index (κ1) is 14.6. The van der Waals surface area contributed by atoms with Gasteiger partial charge in [-0.1, -0.05) is 44.2 Å². The maximum absolute atomic E-state index is 11.7. The van der Waals surface area contributed by atoms with Gasteiger partial charge in [0.25, 0.3) is 0 Å². The van der Waals surface area contributed by atoms with Crippen molar-refractivity contribution >= 4 is 6.09 Å². The molecule has 0 aliphatic carbocycles. The minimum Gasteiger partial charge on any atom is -0.444 e. The van der Waals surface area contributed by atoms with Gasteiger partial charge in [0.2, 0.25) is 0 Å². The summed E-state index contributed by atoms with van der Waals surface area (Å²) < 4.78 is 5.30. The number of amides is 1. The number of hydrogen-bond donors (Lipinski definition) is 0. The van der Waals surface area contributed by atoms with Gasteiger partial charge in [-0.25, -0.2) is 4.79 Å². The normalized spacial score (nSPS) is 17.6. The summed E-state index contributed by atoms with van der Waals surface area (Å²) in [6.45, 7) is 10.4. The lowest BCUT2D eigenvalue weighted by atomic mass is 10.2. The van der Waals surface area contributed by atoms with Gasteiger partial charge < -0.3 is 4.74 Å². The van der Waals surface area contributed by atoms with Gasteiger partial charge in [0.1, 0.15) is 5.60 Å². The van der Waals surface area contributed by atoms with Crippen LogP contribution in [-0.2, 0) is 4.74 Å². The average Bonchev–Trinajstić information content (AvgIpc) is 3.11. The van der Waals surface area contributed by atoms with Gasteiger partial charge in [0.05, 0.1) is 6.04 Å². The van der Waals surface area contributed by atoms with E-state index in [1.165, 1.54) is 5.56 Å². The maximum Gasteiger partial charge on any atom is 0.410 e. The lowest BCUT2D eigenvalue weighted by Crippen LogP contribution is -2.27. The van der Waals surface area contributed by atoms with Gasteiger partial charge in [-0.2, -0.15) is 0 Å². The van der Waals surface area contributed by atoms with Gasteiger partial charge in [0, 0.05) is 6.54 Å². The zero-order chi connectivity index (χ0) is 13.8. The molecule has 1 amide bonds. The van der Waals surface area contributed by atoms with Crippen molar-refractivity contribution in [2.24, 2.45) is 0 Å². The first-order valence-electron chi connectivity index (χ1n) is 6.52. The Morgan fingerprint density at radius 2 is 1.78 bits per heavy atom. The molecule has 1 aromatic rings. The summed E-state index contributed by atoms with van der Waals surface area (Å²) in [7, 11) is 0. The molecule has 0 unspecified atom stereocenters. The summed E-state index contributed by atoms with van der Waals surface area (Å²) in [4.78, 5) is 13.4. The largest absolute Gasteiger partial charge is 0.444 e. The smallest absolute Gasteiger partial charge is 0.410 e. The molecule has 18 heavy (non-hydrogen) atoms. The maximum atomic E-state index is 11.7. The van der Waals surface area contributed by atoms with Crippen LogP contribution in [0.3, 0.4) is 0 Å². The fourth-order valence-electron chi connectivity index (χ4n) is 1.62. The number of ether oxygens (including phenoxy) is 1. The van der Waals surface area contributed by atoms with Crippen LogP contribution in [-0.4, -0.2) is 23.1 Å². The predicted molar refractivity (Wildman–Crippen MR) is 73.5 cm³/mol. The molecular weight excluding hydrogens is 226 g/mol. The summed E-state index contributed by atoms with van der Waals surface area (Å²) in [5.41, 5.74) is 0.759. The van der Waals surface area contributed by atoms with Crippen LogP contribution < -0.4 is 0 Å². The van der Waals surface area contributed by atoms with E-state index in [-0.39, 0.29) is 12.1 Å². The number of rotatable bonds is 1. The molecule has 0 N–H and O–H groups in total. The molecule has 3 heteroatoms. The van der Waals surface area contributed by atoms with Gasteiger partial charge in [0.15, 0.2) is 0 Å². The Kier molecular flexibility index (Phi) is 4.76. The molecule has 1 atom stereocenters. The van der Waals surface area contributed by atoms with Crippen LogP contribution in [0.1, 0.15) is 46.2 Å². The van der Waals surface area contributed by atoms with Crippen molar-refractivity contribution in [1.82, 2.24) is 4.90 Å². The summed E-state index contributed by atoms with van der Waals surface area (Å²) in [5, 5.41) is 0. The molecule has 0 aromatic heterocycles. The van der Waals surface area contributed by atoms with Crippen molar-refractivity contribution in [1.29, 1.82) is 0 Å². The lowest BCUT2D eigenvalue weighted by molar-refractivity contribution is 0.0406. The zero-order valence-electron chi connectivity index (χ0n) is 11.9. The number of nitrogens with zero attached hydrogens (tertiary/aromatic N) is 1. The summed E-state index contributed by atoms with van der Waals surface area (Å²) in [5.74, 6) is 0. The minimum absolute atomic E-state index is 0.205. The molecule has 0 spiro atoms. The quantitative estimate of drug-likeness (QED) is 0.704. The molecule has 1 saturated heterocycles. The van der Waals surface area contributed by atoms with Crippen LogP contribution >= 0.6 is 0 Å². The van der Waals surface area contributed by atoms with Gasteiger partial charge in [-0.15, -0.1) is 0 Å². The summed E-state index contributed by atoms with van der Waals surface area (Å²) in [6.07, 6.45) is -0.221. The Hall–Kier alpha value is -1.51. The second-order valence-electron chi connectivity index (χ2n) is 5.06. The Balaban J connectivity index is 0.000000771. The van der Waals surface area contributed by atoms with Crippen LogP contribution in [0.5, 0.6) is 0 Å². The van der Waals surface area contributed by atoms with E-state index in [4.69, 9.17) is 4.74 Å². The minimum atomic E-state index is -0.416. The Bertz CT molecular complexity index is 381. The van der Waals surface area contributed by atoms with Gasteiger partial charge in [-0.05, 0) is 26.3 Å². The summed E-state index contributed by atoms with van der Waals surface area (Å²) in [6, 6.07) is 10.2. The van der Waals surface area contributed by atoms with Gasteiger partial charge in [-0.3, -0.25) is 4.90 Å². The van der Waals surface area contributed by atoms with Crippen LogP contribution in [0.15, 0.2) is 30.3 Å². The second kappa shape index (κ2) is 5.89. The fraction of sp³-hybridized carbons (Fsp3) is 0.533. The molecule has 1 aliphatic heterocycles. The highest BCUT2D eigenvalue weighted by molar-refractivity contribution is 5.72. The molecule has 1 aliphatic rings. The molecule has 100 valence electrons. The molecule has 1 heterocycles. The van der Waals surface area contributed by atoms with Crippen molar-refractivity contribution < 1.29 is 9.53 Å². The molecule has 0 saturated carbocycles. The number of hydrogen-bond acceptors (Lipinski definition) is 2. The highest BCUT2D eigenvalue weighted by Gasteiger charge is 2.41. The molecule has 0 bridgehead atoms. The van der Waals surface area contributed by atoms with Crippen molar-refractivity contribution in [3.63, 3.8) is 0 Å². The van der Waals surface area contributed by atoms with E-state index in [9.17, 15) is 4.79 Å². The molecule has 2 rings (SSSR count). The third kappa shape index (κ3) is 4.06. The van der Waals surface area contributed by atoms with E-state index in [0.29, 0.717) is 0 Å². The Morgan fingerprint density at radius 3 is 2.28 bits per heavy atom. The van der Waals surface area contributed by atoms with Crippen molar-refractivity contribution in [3.8, 4) is 0 Å². The lowest BCUT2D eigenvalue weighted by Gasteiger charge is -2.19. The molecule has 1 fully saturated rings.